The summed E-state index contributed by atoms with van der Waals surface area (Å²) < 4.78 is 1.96. The summed E-state index contributed by atoms with van der Waals surface area (Å²) in [4.78, 5) is 11.9. The lowest BCUT2D eigenvalue weighted by Gasteiger charge is -2.14. The molecule has 0 saturated carbocycles. The molecular weight excluding hydrogens is 212 g/mol. The van der Waals surface area contributed by atoms with Gasteiger partial charge in [0, 0.05) is 11.3 Å². The van der Waals surface area contributed by atoms with Crippen LogP contribution < -0.4 is 5.56 Å². The van der Waals surface area contributed by atoms with Gasteiger partial charge in [0.05, 0.1) is 5.69 Å². The van der Waals surface area contributed by atoms with Crippen molar-refractivity contribution in [3.8, 4) is 5.69 Å². The average Bonchev–Trinajstić information content (AvgIpc) is 2.68. The summed E-state index contributed by atoms with van der Waals surface area (Å²) in [6, 6.07) is 8.23. The Balaban J connectivity index is 2.18. The van der Waals surface area contributed by atoms with E-state index in [1.54, 1.807) is 0 Å². The van der Waals surface area contributed by atoms with Gasteiger partial charge < -0.3 is 0 Å². The summed E-state index contributed by atoms with van der Waals surface area (Å²) in [5.74, 6) is 0. The third-order valence-electron chi connectivity index (χ3n) is 3.46. The van der Waals surface area contributed by atoms with Gasteiger partial charge in [0.25, 0.3) is 5.56 Å². The number of fused-ring (bicyclic) bond motifs is 1. The van der Waals surface area contributed by atoms with E-state index in [-0.39, 0.29) is 5.56 Å². The number of rotatable bonds is 1. The Labute approximate surface area is 100 Å². The van der Waals surface area contributed by atoms with Gasteiger partial charge in [-0.1, -0.05) is 12.1 Å². The lowest BCUT2D eigenvalue weighted by molar-refractivity contribution is 0.653. The highest BCUT2D eigenvalue weighted by molar-refractivity contribution is 5.38. The number of aryl methyl sites for hydroxylation is 1. The van der Waals surface area contributed by atoms with Crippen LogP contribution in [0.2, 0.25) is 0 Å². The van der Waals surface area contributed by atoms with Crippen molar-refractivity contribution >= 4 is 0 Å². The average molecular weight is 228 g/mol. The molecule has 0 saturated heterocycles. The summed E-state index contributed by atoms with van der Waals surface area (Å²) in [6.07, 6.45) is 4.23. The maximum absolute atomic E-state index is 11.9. The van der Waals surface area contributed by atoms with E-state index in [0.717, 1.165) is 30.5 Å². The Bertz CT molecular complexity index is 607. The van der Waals surface area contributed by atoms with Crippen LogP contribution in [0.5, 0.6) is 0 Å². The normalized spacial score (nSPS) is 14.6. The molecule has 0 radical (unpaired) electrons. The van der Waals surface area contributed by atoms with Crippen LogP contribution in [0.25, 0.3) is 5.69 Å². The molecule has 0 fully saturated rings. The number of H-pyrrole nitrogens is 1. The Morgan fingerprint density at radius 1 is 1.24 bits per heavy atom. The zero-order valence-corrected chi connectivity index (χ0v) is 9.99. The molecule has 3 rings (SSSR count). The predicted molar refractivity (Wildman–Crippen MR) is 67.8 cm³/mol. The summed E-state index contributed by atoms with van der Waals surface area (Å²) in [5.41, 5.74) is 4.51. The van der Waals surface area contributed by atoms with Crippen LogP contribution in [0.3, 0.4) is 0 Å². The largest absolute Gasteiger partial charge is 0.268 e. The molecule has 3 nitrogen and oxygen atoms in total. The second-order valence-electron chi connectivity index (χ2n) is 4.75. The molecule has 0 atom stereocenters. The molecule has 1 aliphatic rings. The van der Waals surface area contributed by atoms with Crippen LogP contribution in [0, 0.1) is 6.92 Å². The summed E-state index contributed by atoms with van der Waals surface area (Å²) in [6.45, 7) is 2.07. The van der Waals surface area contributed by atoms with Gasteiger partial charge in [0.1, 0.15) is 0 Å². The molecular formula is C14H16N2O. The second kappa shape index (κ2) is 3.91. The maximum Gasteiger partial charge on any atom is 0.267 e. The van der Waals surface area contributed by atoms with Crippen molar-refractivity contribution in [3.63, 3.8) is 0 Å². The molecule has 1 aliphatic carbocycles. The highest BCUT2D eigenvalue weighted by Gasteiger charge is 2.18. The third-order valence-corrected chi connectivity index (χ3v) is 3.46. The van der Waals surface area contributed by atoms with Crippen molar-refractivity contribution in [1.82, 2.24) is 9.78 Å². The first kappa shape index (κ1) is 10.4. The van der Waals surface area contributed by atoms with Crippen LogP contribution in [-0.2, 0) is 12.8 Å². The second-order valence-corrected chi connectivity index (χ2v) is 4.75. The minimum atomic E-state index is 0.0845. The molecule has 0 amide bonds. The third kappa shape index (κ3) is 1.71. The summed E-state index contributed by atoms with van der Waals surface area (Å²) in [7, 11) is 0. The summed E-state index contributed by atoms with van der Waals surface area (Å²) in [5, 5.41) is 2.96. The zero-order valence-electron chi connectivity index (χ0n) is 9.99. The summed E-state index contributed by atoms with van der Waals surface area (Å²) >= 11 is 0. The van der Waals surface area contributed by atoms with Crippen molar-refractivity contribution in [1.29, 1.82) is 0 Å². The Kier molecular flexibility index (Phi) is 2.39. The smallest absolute Gasteiger partial charge is 0.267 e. The number of nitrogens with zero attached hydrogens (tertiary/aromatic N) is 1. The first-order chi connectivity index (χ1) is 8.25. The van der Waals surface area contributed by atoms with Crippen molar-refractivity contribution in [2.45, 2.75) is 32.6 Å². The van der Waals surface area contributed by atoms with Gasteiger partial charge in [-0.2, -0.15) is 0 Å². The molecule has 1 heterocycles. The molecule has 0 spiro atoms. The van der Waals surface area contributed by atoms with Crippen LogP contribution in [0.1, 0.15) is 29.7 Å². The molecule has 2 aromatic rings. The van der Waals surface area contributed by atoms with E-state index in [9.17, 15) is 4.79 Å². The molecule has 0 unspecified atom stereocenters. The zero-order chi connectivity index (χ0) is 11.8. The minimum Gasteiger partial charge on any atom is -0.268 e. The quantitative estimate of drug-likeness (QED) is 0.799. The SMILES string of the molecule is Cc1cccc(-n2[nH]c(=O)c3c2CCCC3)c1. The van der Waals surface area contributed by atoms with Gasteiger partial charge in [0.2, 0.25) is 0 Å². The van der Waals surface area contributed by atoms with E-state index >= 15 is 0 Å². The van der Waals surface area contributed by atoms with Crippen molar-refractivity contribution in [2.75, 3.05) is 0 Å². The van der Waals surface area contributed by atoms with Gasteiger partial charge in [-0.3, -0.25) is 14.6 Å². The van der Waals surface area contributed by atoms with Gasteiger partial charge in [0.15, 0.2) is 0 Å². The van der Waals surface area contributed by atoms with Crippen LogP contribution in [-0.4, -0.2) is 9.78 Å². The first-order valence-corrected chi connectivity index (χ1v) is 6.15. The van der Waals surface area contributed by atoms with E-state index in [2.05, 4.69) is 24.2 Å². The minimum absolute atomic E-state index is 0.0845. The Hall–Kier alpha value is -1.77. The van der Waals surface area contributed by atoms with Gasteiger partial charge >= 0.3 is 0 Å². The van der Waals surface area contributed by atoms with Gasteiger partial charge in [-0.25, -0.2) is 0 Å². The molecule has 1 aromatic heterocycles. The molecule has 1 N–H and O–H groups in total. The Morgan fingerprint density at radius 3 is 2.88 bits per heavy atom. The van der Waals surface area contributed by atoms with Crippen LogP contribution in [0.15, 0.2) is 29.1 Å². The molecule has 0 aliphatic heterocycles. The number of hydrogen-bond donors (Lipinski definition) is 1. The highest BCUT2D eigenvalue weighted by atomic mass is 16.1. The molecule has 88 valence electrons. The van der Waals surface area contributed by atoms with E-state index in [1.165, 1.54) is 17.7 Å². The van der Waals surface area contributed by atoms with E-state index in [0.29, 0.717) is 0 Å². The highest BCUT2D eigenvalue weighted by Crippen LogP contribution is 2.21. The van der Waals surface area contributed by atoms with E-state index < -0.39 is 0 Å². The van der Waals surface area contributed by atoms with Gasteiger partial charge in [-0.15, -0.1) is 0 Å². The monoisotopic (exact) mass is 228 g/mol. The fraction of sp³-hybridized carbons (Fsp3) is 0.357. The number of benzene rings is 1. The topological polar surface area (TPSA) is 37.8 Å². The van der Waals surface area contributed by atoms with Crippen LogP contribution in [0.4, 0.5) is 0 Å². The fourth-order valence-electron chi connectivity index (χ4n) is 2.60. The number of hydrogen-bond acceptors (Lipinski definition) is 1. The maximum atomic E-state index is 11.9. The van der Waals surface area contributed by atoms with Crippen LogP contribution >= 0.6 is 0 Å². The fourth-order valence-corrected chi connectivity index (χ4v) is 2.60. The number of aromatic nitrogens is 2. The van der Waals surface area contributed by atoms with Crippen molar-refractivity contribution < 1.29 is 0 Å². The molecule has 1 aromatic carbocycles. The first-order valence-electron chi connectivity index (χ1n) is 6.15. The Morgan fingerprint density at radius 2 is 2.06 bits per heavy atom. The van der Waals surface area contributed by atoms with E-state index in [1.807, 2.05) is 16.8 Å². The standard InChI is InChI=1S/C14H16N2O/c1-10-5-4-6-11(9-10)16-13-8-3-2-7-12(13)14(17)15-16/h4-6,9H,2-3,7-8H2,1H3,(H,15,17). The van der Waals surface area contributed by atoms with Crippen molar-refractivity contribution in [3.05, 3.63) is 51.4 Å². The lowest BCUT2D eigenvalue weighted by atomic mass is 9.98. The number of aromatic amines is 1. The number of nitrogens with one attached hydrogen (secondary N) is 1. The molecule has 0 bridgehead atoms. The predicted octanol–water partition coefficient (Wildman–Crippen LogP) is 2.35. The molecule has 3 heteroatoms. The van der Waals surface area contributed by atoms with E-state index in [4.69, 9.17) is 0 Å². The molecule has 17 heavy (non-hydrogen) atoms. The van der Waals surface area contributed by atoms with Crippen molar-refractivity contribution in [2.24, 2.45) is 0 Å². The van der Waals surface area contributed by atoms with Gasteiger partial charge in [-0.05, 0) is 50.3 Å². The lowest BCUT2D eigenvalue weighted by Crippen LogP contribution is -2.10.